The third-order valence-corrected chi connectivity index (χ3v) is 3.65. The molecule has 0 fully saturated rings. The van der Waals surface area contributed by atoms with Crippen molar-refractivity contribution >= 4 is 11.7 Å². The molecule has 122 valence electrons. The molecule has 5 heteroatoms. The maximum absolute atomic E-state index is 12.7. The zero-order chi connectivity index (χ0) is 16.7. The van der Waals surface area contributed by atoms with Crippen molar-refractivity contribution in [3.8, 4) is 0 Å². The minimum atomic E-state index is -0.0239. The van der Waals surface area contributed by atoms with Gasteiger partial charge in [-0.25, -0.2) is 4.98 Å². The van der Waals surface area contributed by atoms with Gasteiger partial charge in [-0.05, 0) is 24.1 Å². The first-order valence-corrected chi connectivity index (χ1v) is 7.78. The second-order valence-corrected chi connectivity index (χ2v) is 5.62. The van der Waals surface area contributed by atoms with Crippen LogP contribution in [-0.4, -0.2) is 49.5 Å². The van der Waals surface area contributed by atoms with Crippen molar-refractivity contribution in [3.63, 3.8) is 0 Å². The number of carbonyl (C=O) groups excluding carboxylic acids is 1. The fourth-order valence-corrected chi connectivity index (χ4v) is 2.34. The van der Waals surface area contributed by atoms with Crippen LogP contribution < -0.4 is 10.6 Å². The predicted octanol–water partition coefficient (Wildman–Crippen LogP) is 1.79. The van der Waals surface area contributed by atoms with Crippen molar-refractivity contribution in [2.24, 2.45) is 5.73 Å². The summed E-state index contributed by atoms with van der Waals surface area (Å²) in [5.41, 5.74) is 7.47. The first kappa shape index (κ1) is 17.0. The van der Waals surface area contributed by atoms with Gasteiger partial charge in [-0.3, -0.25) is 4.79 Å². The Labute approximate surface area is 137 Å². The van der Waals surface area contributed by atoms with Gasteiger partial charge in [0.25, 0.3) is 5.91 Å². The molecule has 1 aromatic heterocycles. The Balaban J connectivity index is 2.05. The van der Waals surface area contributed by atoms with E-state index in [4.69, 9.17) is 5.73 Å². The molecule has 0 spiro atoms. The number of rotatable bonds is 7. The second kappa shape index (κ2) is 8.29. The van der Waals surface area contributed by atoms with E-state index < -0.39 is 0 Å². The van der Waals surface area contributed by atoms with Crippen LogP contribution in [0.15, 0.2) is 48.7 Å². The second-order valence-electron chi connectivity index (χ2n) is 5.62. The van der Waals surface area contributed by atoms with Crippen LogP contribution in [-0.2, 0) is 6.42 Å². The summed E-state index contributed by atoms with van der Waals surface area (Å²) in [5.74, 6) is 0.806. The molecule has 0 aliphatic heterocycles. The summed E-state index contributed by atoms with van der Waals surface area (Å²) < 4.78 is 0. The van der Waals surface area contributed by atoms with Crippen LogP contribution in [0, 0.1) is 0 Å². The quantitative estimate of drug-likeness (QED) is 0.847. The van der Waals surface area contributed by atoms with Gasteiger partial charge in [0.2, 0.25) is 0 Å². The molecule has 1 aromatic carbocycles. The lowest BCUT2D eigenvalue weighted by atomic mass is 10.1. The Morgan fingerprint density at radius 2 is 1.83 bits per heavy atom. The molecule has 2 aromatic rings. The van der Waals surface area contributed by atoms with Gasteiger partial charge in [0.1, 0.15) is 5.82 Å². The number of aromatic nitrogens is 1. The molecule has 0 aliphatic rings. The molecule has 1 amide bonds. The fourth-order valence-electron chi connectivity index (χ4n) is 2.34. The van der Waals surface area contributed by atoms with Gasteiger partial charge < -0.3 is 15.5 Å². The lowest BCUT2D eigenvalue weighted by Gasteiger charge is -2.22. The van der Waals surface area contributed by atoms with E-state index >= 15 is 0 Å². The SMILES string of the molecule is CN(C)c1ccc(C(=O)N(CCN)CCc2ccccc2)cn1. The highest BCUT2D eigenvalue weighted by atomic mass is 16.2. The summed E-state index contributed by atoms with van der Waals surface area (Å²) in [6.07, 6.45) is 2.44. The summed E-state index contributed by atoms with van der Waals surface area (Å²) in [6.45, 7) is 1.64. The van der Waals surface area contributed by atoms with Gasteiger partial charge in [0, 0.05) is 39.9 Å². The summed E-state index contributed by atoms with van der Waals surface area (Å²) in [4.78, 5) is 20.7. The Morgan fingerprint density at radius 3 is 2.39 bits per heavy atom. The first-order chi connectivity index (χ1) is 11.1. The van der Waals surface area contributed by atoms with Gasteiger partial charge in [-0.1, -0.05) is 30.3 Å². The van der Waals surface area contributed by atoms with Gasteiger partial charge in [0.15, 0.2) is 0 Å². The highest BCUT2D eigenvalue weighted by Gasteiger charge is 2.15. The van der Waals surface area contributed by atoms with E-state index in [1.807, 2.05) is 49.3 Å². The molecule has 0 saturated heterocycles. The lowest BCUT2D eigenvalue weighted by molar-refractivity contribution is 0.0761. The Kier molecular flexibility index (Phi) is 6.11. The number of anilines is 1. The average Bonchev–Trinajstić information content (AvgIpc) is 2.59. The molecule has 0 saturated carbocycles. The molecule has 0 atom stereocenters. The summed E-state index contributed by atoms with van der Waals surface area (Å²) >= 11 is 0. The van der Waals surface area contributed by atoms with Crippen molar-refractivity contribution in [1.29, 1.82) is 0 Å². The van der Waals surface area contributed by atoms with Gasteiger partial charge in [-0.2, -0.15) is 0 Å². The maximum Gasteiger partial charge on any atom is 0.255 e. The zero-order valence-electron chi connectivity index (χ0n) is 13.8. The van der Waals surface area contributed by atoms with Crippen LogP contribution in [0.3, 0.4) is 0 Å². The number of hydrogen-bond acceptors (Lipinski definition) is 4. The average molecular weight is 312 g/mol. The molecular weight excluding hydrogens is 288 g/mol. The molecule has 2 rings (SSSR count). The van der Waals surface area contributed by atoms with E-state index in [1.165, 1.54) is 5.56 Å². The summed E-state index contributed by atoms with van der Waals surface area (Å²) in [7, 11) is 3.84. The third-order valence-electron chi connectivity index (χ3n) is 3.65. The van der Waals surface area contributed by atoms with Crippen LogP contribution in [0.25, 0.3) is 0 Å². The number of benzene rings is 1. The van der Waals surface area contributed by atoms with Crippen molar-refractivity contribution < 1.29 is 4.79 Å². The first-order valence-electron chi connectivity index (χ1n) is 7.78. The minimum Gasteiger partial charge on any atom is -0.363 e. The number of carbonyl (C=O) groups is 1. The highest BCUT2D eigenvalue weighted by Crippen LogP contribution is 2.11. The molecule has 23 heavy (non-hydrogen) atoms. The molecular formula is C18H24N4O. The molecule has 0 radical (unpaired) electrons. The van der Waals surface area contributed by atoms with E-state index in [0.717, 1.165) is 12.2 Å². The minimum absolute atomic E-state index is 0.0239. The van der Waals surface area contributed by atoms with Crippen molar-refractivity contribution in [1.82, 2.24) is 9.88 Å². The molecule has 0 bridgehead atoms. The van der Waals surface area contributed by atoms with Crippen LogP contribution >= 0.6 is 0 Å². The van der Waals surface area contributed by atoms with Gasteiger partial charge in [-0.15, -0.1) is 0 Å². The smallest absolute Gasteiger partial charge is 0.255 e. The van der Waals surface area contributed by atoms with Crippen molar-refractivity contribution in [3.05, 3.63) is 59.8 Å². The van der Waals surface area contributed by atoms with Crippen LogP contribution in [0.4, 0.5) is 5.82 Å². The molecule has 0 unspecified atom stereocenters. The van der Waals surface area contributed by atoms with E-state index in [-0.39, 0.29) is 5.91 Å². The molecule has 1 heterocycles. The van der Waals surface area contributed by atoms with Gasteiger partial charge >= 0.3 is 0 Å². The maximum atomic E-state index is 12.7. The lowest BCUT2D eigenvalue weighted by Crippen LogP contribution is -2.37. The number of pyridine rings is 1. The van der Waals surface area contributed by atoms with E-state index in [2.05, 4.69) is 17.1 Å². The Morgan fingerprint density at radius 1 is 1.09 bits per heavy atom. The van der Waals surface area contributed by atoms with E-state index in [1.54, 1.807) is 11.1 Å². The summed E-state index contributed by atoms with van der Waals surface area (Å²) in [5, 5.41) is 0. The van der Waals surface area contributed by atoms with Crippen LogP contribution in [0.5, 0.6) is 0 Å². The van der Waals surface area contributed by atoms with E-state index in [9.17, 15) is 4.79 Å². The monoisotopic (exact) mass is 312 g/mol. The summed E-state index contributed by atoms with van der Waals surface area (Å²) in [6, 6.07) is 13.8. The predicted molar refractivity (Wildman–Crippen MR) is 93.7 cm³/mol. The fraction of sp³-hybridized carbons (Fsp3) is 0.333. The number of nitrogens with zero attached hydrogens (tertiary/aromatic N) is 3. The zero-order valence-corrected chi connectivity index (χ0v) is 13.8. The highest BCUT2D eigenvalue weighted by molar-refractivity contribution is 5.94. The van der Waals surface area contributed by atoms with Crippen molar-refractivity contribution in [2.75, 3.05) is 38.6 Å². The molecule has 2 N–H and O–H groups in total. The Hall–Kier alpha value is -2.40. The van der Waals surface area contributed by atoms with Crippen LogP contribution in [0.2, 0.25) is 0 Å². The largest absolute Gasteiger partial charge is 0.363 e. The van der Waals surface area contributed by atoms with Crippen LogP contribution in [0.1, 0.15) is 15.9 Å². The number of amides is 1. The third kappa shape index (κ3) is 4.79. The standard InChI is InChI=1S/C18H24N4O/c1-21(2)17-9-8-16(14-20-17)18(23)22(13-11-19)12-10-15-6-4-3-5-7-15/h3-9,14H,10-13,19H2,1-2H3. The normalized spacial score (nSPS) is 10.4. The molecule has 0 aliphatic carbocycles. The number of hydrogen-bond donors (Lipinski definition) is 1. The van der Waals surface area contributed by atoms with Crippen molar-refractivity contribution in [2.45, 2.75) is 6.42 Å². The topological polar surface area (TPSA) is 62.5 Å². The number of nitrogens with two attached hydrogens (primary N) is 1. The van der Waals surface area contributed by atoms with E-state index in [0.29, 0.717) is 25.2 Å². The van der Waals surface area contributed by atoms with Gasteiger partial charge in [0.05, 0.1) is 5.56 Å². The Bertz CT molecular complexity index is 611. The molecule has 5 nitrogen and oxygen atoms in total.